The van der Waals surface area contributed by atoms with Gasteiger partial charge in [-0.15, -0.1) is 0 Å². The third-order valence-corrected chi connectivity index (χ3v) is 3.70. The van der Waals surface area contributed by atoms with Gasteiger partial charge in [0.15, 0.2) is 0 Å². The fourth-order valence-electron chi connectivity index (χ4n) is 2.13. The number of imidazole rings is 1. The van der Waals surface area contributed by atoms with Crippen LogP contribution in [0.1, 0.15) is 17.9 Å². The Kier molecular flexibility index (Phi) is 2.32. The average molecular weight is 278 g/mol. The third kappa shape index (κ3) is 1.48. The minimum atomic E-state index is 0.953. The predicted octanol–water partition coefficient (Wildman–Crippen LogP) is 2.96. The zero-order valence-corrected chi connectivity index (χ0v) is 10.7. The first-order valence-corrected chi connectivity index (χ1v) is 6.24. The summed E-state index contributed by atoms with van der Waals surface area (Å²) in [6, 6.07) is 6.03. The molecule has 3 rings (SSSR count). The van der Waals surface area contributed by atoms with Gasteiger partial charge in [-0.05, 0) is 41.4 Å². The molecular formula is C12H12BrN3. The minimum Gasteiger partial charge on any atom is -0.322 e. The number of aryl methyl sites for hydroxylation is 2. The van der Waals surface area contributed by atoms with Gasteiger partial charge in [0.2, 0.25) is 0 Å². The fourth-order valence-corrected chi connectivity index (χ4v) is 2.80. The molecule has 0 spiro atoms. The predicted molar refractivity (Wildman–Crippen MR) is 66.2 cm³/mol. The Morgan fingerprint density at radius 2 is 2.19 bits per heavy atom. The molecule has 0 N–H and O–H groups in total. The van der Waals surface area contributed by atoms with Crippen LogP contribution in [-0.4, -0.2) is 14.5 Å². The Balaban J connectivity index is 2.14. The van der Waals surface area contributed by atoms with Crippen molar-refractivity contribution in [1.29, 1.82) is 0 Å². The van der Waals surface area contributed by atoms with Crippen LogP contribution in [0.3, 0.4) is 0 Å². The molecule has 3 nitrogen and oxygen atoms in total. The van der Waals surface area contributed by atoms with Crippen LogP contribution in [0.4, 0.5) is 0 Å². The van der Waals surface area contributed by atoms with Crippen molar-refractivity contribution >= 4 is 15.9 Å². The van der Waals surface area contributed by atoms with E-state index in [1.807, 2.05) is 25.1 Å². The van der Waals surface area contributed by atoms with Crippen LogP contribution in [0, 0.1) is 6.92 Å². The molecule has 2 aromatic rings. The molecule has 82 valence electrons. The van der Waals surface area contributed by atoms with Crippen molar-refractivity contribution in [2.24, 2.45) is 0 Å². The normalized spacial score (nSPS) is 14.1. The highest BCUT2D eigenvalue weighted by Crippen LogP contribution is 2.30. The topological polar surface area (TPSA) is 30.7 Å². The monoisotopic (exact) mass is 277 g/mol. The molecular weight excluding hydrogens is 266 g/mol. The van der Waals surface area contributed by atoms with Gasteiger partial charge >= 0.3 is 0 Å². The van der Waals surface area contributed by atoms with E-state index in [0.717, 1.165) is 34.7 Å². The number of aromatic nitrogens is 3. The second-order valence-corrected chi connectivity index (χ2v) is 4.84. The maximum Gasteiger partial charge on any atom is 0.122 e. The summed E-state index contributed by atoms with van der Waals surface area (Å²) < 4.78 is 3.30. The molecule has 1 aliphatic rings. The van der Waals surface area contributed by atoms with Gasteiger partial charge < -0.3 is 4.57 Å². The summed E-state index contributed by atoms with van der Waals surface area (Å²) in [4.78, 5) is 9.17. The summed E-state index contributed by atoms with van der Waals surface area (Å²) in [7, 11) is 0. The summed E-state index contributed by atoms with van der Waals surface area (Å²) in [6.45, 7) is 3.07. The molecule has 16 heavy (non-hydrogen) atoms. The van der Waals surface area contributed by atoms with Crippen LogP contribution >= 0.6 is 15.9 Å². The molecule has 2 aromatic heterocycles. The van der Waals surface area contributed by atoms with Gasteiger partial charge in [0.25, 0.3) is 0 Å². The number of rotatable bonds is 1. The lowest BCUT2D eigenvalue weighted by Gasteiger charge is -2.01. The Labute approximate surface area is 103 Å². The lowest BCUT2D eigenvalue weighted by atomic mass is 10.2. The van der Waals surface area contributed by atoms with E-state index >= 15 is 0 Å². The molecule has 0 radical (unpaired) electrons. The standard InChI is InChI=1S/C12H12BrN3/c1-8-4-2-5-9(14-8)11-12(13)16-7-3-6-10(16)15-11/h2,4-5H,3,6-7H2,1H3. The number of fused-ring (bicyclic) bond motifs is 1. The van der Waals surface area contributed by atoms with E-state index in [9.17, 15) is 0 Å². The lowest BCUT2D eigenvalue weighted by Crippen LogP contribution is -1.92. The van der Waals surface area contributed by atoms with Crippen LogP contribution in [0.5, 0.6) is 0 Å². The van der Waals surface area contributed by atoms with Crippen molar-refractivity contribution in [2.45, 2.75) is 26.3 Å². The molecule has 3 heterocycles. The Morgan fingerprint density at radius 3 is 2.94 bits per heavy atom. The van der Waals surface area contributed by atoms with Crippen molar-refractivity contribution < 1.29 is 0 Å². The van der Waals surface area contributed by atoms with Gasteiger partial charge in [-0.1, -0.05) is 6.07 Å². The number of hydrogen-bond acceptors (Lipinski definition) is 2. The van der Waals surface area contributed by atoms with E-state index in [2.05, 4.69) is 30.5 Å². The molecule has 0 aromatic carbocycles. The maximum absolute atomic E-state index is 4.66. The molecule has 0 aliphatic carbocycles. The summed E-state index contributed by atoms with van der Waals surface area (Å²) in [5, 5.41) is 0. The number of nitrogens with zero attached hydrogens (tertiary/aromatic N) is 3. The zero-order chi connectivity index (χ0) is 11.1. The molecule has 0 saturated carbocycles. The van der Waals surface area contributed by atoms with Crippen LogP contribution < -0.4 is 0 Å². The molecule has 0 amide bonds. The smallest absolute Gasteiger partial charge is 0.122 e. The van der Waals surface area contributed by atoms with Gasteiger partial charge in [0.1, 0.15) is 16.1 Å². The molecule has 4 heteroatoms. The van der Waals surface area contributed by atoms with Crippen LogP contribution in [0.25, 0.3) is 11.4 Å². The first-order valence-electron chi connectivity index (χ1n) is 5.44. The largest absolute Gasteiger partial charge is 0.322 e. The van der Waals surface area contributed by atoms with Crippen LogP contribution in [-0.2, 0) is 13.0 Å². The number of hydrogen-bond donors (Lipinski definition) is 0. The zero-order valence-electron chi connectivity index (χ0n) is 9.07. The first-order chi connectivity index (χ1) is 7.75. The molecule has 1 aliphatic heterocycles. The van der Waals surface area contributed by atoms with Crippen molar-refractivity contribution in [1.82, 2.24) is 14.5 Å². The summed E-state index contributed by atoms with van der Waals surface area (Å²) in [5.41, 5.74) is 2.95. The second kappa shape index (κ2) is 3.70. The SMILES string of the molecule is Cc1cccc(-c2nc3n(c2Br)CCC3)n1. The highest BCUT2D eigenvalue weighted by Gasteiger charge is 2.20. The van der Waals surface area contributed by atoms with Crippen molar-refractivity contribution in [3.05, 3.63) is 34.3 Å². The average Bonchev–Trinajstić information content (AvgIpc) is 2.82. The quantitative estimate of drug-likeness (QED) is 0.803. The minimum absolute atomic E-state index is 0.953. The van der Waals surface area contributed by atoms with Crippen molar-refractivity contribution in [3.63, 3.8) is 0 Å². The Morgan fingerprint density at radius 1 is 1.31 bits per heavy atom. The van der Waals surface area contributed by atoms with Gasteiger partial charge in [0, 0.05) is 18.7 Å². The van der Waals surface area contributed by atoms with Crippen molar-refractivity contribution in [3.8, 4) is 11.4 Å². The lowest BCUT2D eigenvalue weighted by molar-refractivity contribution is 0.736. The Hall–Kier alpha value is -1.16. The van der Waals surface area contributed by atoms with E-state index in [1.165, 1.54) is 12.2 Å². The highest BCUT2D eigenvalue weighted by atomic mass is 79.9. The van der Waals surface area contributed by atoms with Crippen LogP contribution in [0.15, 0.2) is 22.8 Å². The fraction of sp³-hybridized carbons (Fsp3) is 0.333. The van der Waals surface area contributed by atoms with Gasteiger partial charge in [-0.2, -0.15) is 0 Å². The number of pyridine rings is 1. The van der Waals surface area contributed by atoms with Crippen LogP contribution in [0.2, 0.25) is 0 Å². The summed E-state index contributed by atoms with van der Waals surface area (Å²) >= 11 is 3.62. The van der Waals surface area contributed by atoms with E-state index in [4.69, 9.17) is 0 Å². The summed E-state index contributed by atoms with van der Waals surface area (Å²) in [6.07, 6.45) is 2.27. The van der Waals surface area contributed by atoms with Gasteiger partial charge in [-0.3, -0.25) is 4.98 Å². The van der Waals surface area contributed by atoms with Gasteiger partial charge in [-0.25, -0.2) is 4.98 Å². The second-order valence-electron chi connectivity index (χ2n) is 4.09. The summed E-state index contributed by atoms with van der Waals surface area (Å²) in [5.74, 6) is 1.17. The Bertz CT molecular complexity index is 545. The highest BCUT2D eigenvalue weighted by molar-refractivity contribution is 9.10. The van der Waals surface area contributed by atoms with E-state index in [1.54, 1.807) is 0 Å². The van der Waals surface area contributed by atoms with E-state index in [-0.39, 0.29) is 0 Å². The molecule has 0 bridgehead atoms. The molecule has 0 atom stereocenters. The van der Waals surface area contributed by atoms with E-state index < -0.39 is 0 Å². The van der Waals surface area contributed by atoms with E-state index in [0.29, 0.717) is 0 Å². The van der Waals surface area contributed by atoms with Gasteiger partial charge in [0.05, 0.1) is 5.69 Å². The molecule has 0 fully saturated rings. The number of halogens is 1. The first kappa shape index (κ1) is 10.0. The third-order valence-electron chi connectivity index (χ3n) is 2.90. The van der Waals surface area contributed by atoms with Crippen molar-refractivity contribution in [2.75, 3.05) is 0 Å². The molecule has 0 unspecified atom stereocenters. The maximum atomic E-state index is 4.66. The molecule has 0 saturated heterocycles.